The van der Waals surface area contributed by atoms with Crippen molar-refractivity contribution >= 4 is 17.7 Å². The van der Waals surface area contributed by atoms with E-state index in [9.17, 15) is 14.4 Å². The SMILES string of the molecule is CCOC(=O)C(=O)c1ccccc1-c1nccc(-c2cc3c([nH]2)CCNC3=O)n1. The number of nitrogens with one attached hydrogen (secondary N) is 2. The molecule has 0 bridgehead atoms. The number of hydrogen-bond donors (Lipinski definition) is 2. The van der Waals surface area contributed by atoms with Gasteiger partial charge in [0.1, 0.15) is 0 Å². The van der Waals surface area contributed by atoms with Gasteiger partial charge >= 0.3 is 5.97 Å². The molecule has 0 saturated carbocycles. The Kier molecular flexibility index (Phi) is 4.90. The first-order valence-corrected chi connectivity index (χ1v) is 9.23. The fraction of sp³-hybridized carbons (Fsp3) is 0.190. The third-order valence-electron chi connectivity index (χ3n) is 4.61. The van der Waals surface area contributed by atoms with Gasteiger partial charge in [-0.05, 0) is 19.1 Å². The smallest absolute Gasteiger partial charge is 0.379 e. The van der Waals surface area contributed by atoms with Gasteiger partial charge in [0.15, 0.2) is 5.82 Å². The Balaban J connectivity index is 1.73. The standard InChI is InChI=1S/C21H18N4O4/c1-2-29-21(28)18(26)12-5-3-4-6-13(12)19-22-9-8-16(25-19)17-11-14-15(24-17)7-10-23-20(14)27/h3-6,8-9,11,24H,2,7,10H2,1H3,(H,23,27). The van der Waals surface area contributed by atoms with E-state index in [4.69, 9.17) is 4.74 Å². The molecular formula is C21H18N4O4. The highest BCUT2D eigenvalue weighted by molar-refractivity contribution is 6.41. The second kappa shape index (κ2) is 7.67. The Morgan fingerprint density at radius 2 is 2.00 bits per heavy atom. The van der Waals surface area contributed by atoms with Crippen molar-refractivity contribution < 1.29 is 19.1 Å². The lowest BCUT2D eigenvalue weighted by Crippen LogP contribution is -2.31. The molecule has 0 aliphatic carbocycles. The molecule has 3 aromatic rings. The number of aromatic nitrogens is 3. The van der Waals surface area contributed by atoms with Gasteiger partial charge in [0.2, 0.25) is 0 Å². The number of rotatable bonds is 5. The van der Waals surface area contributed by atoms with E-state index in [1.165, 1.54) is 0 Å². The Hall–Kier alpha value is -3.81. The summed E-state index contributed by atoms with van der Waals surface area (Å²) in [5.41, 5.74) is 3.33. The molecule has 1 amide bonds. The molecule has 3 heterocycles. The summed E-state index contributed by atoms with van der Waals surface area (Å²) in [5.74, 6) is -1.48. The first kappa shape index (κ1) is 18.5. The van der Waals surface area contributed by atoms with Crippen molar-refractivity contribution in [2.75, 3.05) is 13.2 Å². The predicted octanol–water partition coefficient (Wildman–Crippen LogP) is 2.17. The number of ether oxygens (including phenoxy) is 1. The highest BCUT2D eigenvalue weighted by atomic mass is 16.5. The Morgan fingerprint density at radius 3 is 2.79 bits per heavy atom. The molecule has 1 aliphatic heterocycles. The maximum atomic E-state index is 12.5. The number of esters is 1. The summed E-state index contributed by atoms with van der Waals surface area (Å²) in [6.07, 6.45) is 2.29. The van der Waals surface area contributed by atoms with Crippen molar-refractivity contribution in [1.82, 2.24) is 20.3 Å². The lowest BCUT2D eigenvalue weighted by Gasteiger charge is -2.11. The van der Waals surface area contributed by atoms with Crippen molar-refractivity contribution in [2.45, 2.75) is 13.3 Å². The number of ketones is 1. The molecule has 0 saturated heterocycles. The molecule has 0 atom stereocenters. The summed E-state index contributed by atoms with van der Waals surface area (Å²) in [5, 5.41) is 2.81. The molecule has 8 heteroatoms. The summed E-state index contributed by atoms with van der Waals surface area (Å²) in [6.45, 7) is 2.34. The van der Waals surface area contributed by atoms with Gasteiger partial charge in [-0.25, -0.2) is 14.8 Å². The Bertz CT molecular complexity index is 1120. The third-order valence-corrected chi connectivity index (χ3v) is 4.61. The van der Waals surface area contributed by atoms with E-state index in [0.29, 0.717) is 34.9 Å². The molecule has 8 nitrogen and oxygen atoms in total. The first-order chi connectivity index (χ1) is 14.1. The maximum Gasteiger partial charge on any atom is 0.379 e. The minimum atomic E-state index is -0.917. The fourth-order valence-electron chi connectivity index (χ4n) is 3.25. The molecule has 1 aromatic carbocycles. The number of H-pyrrole nitrogens is 1. The normalized spacial score (nSPS) is 12.8. The maximum absolute atomic E-state index is 12.5. The highest BCUT2D eigenvalue weighted by Gasteiger charge is 2.23. The van der Waals surface area contributed by atoms with E-state index in [-0.39, 0.29) is 18.1 Å². The van der Waals surface area contributed by atoms with Gasteiger partial charge in [0, 0.05) is 36.0 Å². The number of Topliss-reactive ketones (excluding diaryl/α,β-unsaturated/α-hetero) is 1. The average molecular weight is 390 g/mol. The molecule has 1 aliphatic rings. The highest BCUT2D eigenvalue weighted by Crippen LogP contribution is 2.26. The monoisotopic (exact) mass is 390 g/mol. The van der Waals surface area contributed by atoms with Gasteiger partial charge in [-0.1, -0.05) is 24.3 Å². The molecule has 146 valence electrons. The van der Waals surface area contributed by atoms with Crippen LogP contribution < -0.4 is 5.32 Å². The van der Waals surface area contributed by atoms with E-state index >= 15 is 0 Å². The number of hydrogen-bond acceptors (Lipinski definition) is 6. The molecule has 0 spiro atoms. The lowest BCUT2D eigenvalue weighted by atomic mass is 10.0. The van der Waals surface area contributed by atoms with E-state index in [2.05, 4.69) is 20.3 Å². The van der Waals surface area contributed by atoms with Crippen LogP contribution >= 0.6 is 0 Å². The Labute approximate surface area is 166 Å². The van der Waals surface area contributed by atoms with Crippen LogP contribution in [0.4, 0.5) is 0 Å². The van der Waals surface area contributed by atoms with Crippen molar-refractivity contribution in [3.63, 3.8) is 0 Å². The molecule has 2 aromatic heterocycles. The van der Waals surface area contributed by atoms with Gasteiger partial charge in [-0.15, -0.1) is 0 Å². The fourth-order valence-corrected chi connectivity index (χ4v) is 3.25. The summed E-state index contributed by atoms with van der Waals surface area (Å²) in [6, 6.07) is 10.1. The number of amides is 1. The topological polar surface area (TPSA) is 114 Å². The first-order valence-electron chi connectivity index (χ1n) is 9.23. The van der Waals surface area contributed by atoms with E-state index in [1.807, 2.05) is 0 Å². The van der Waals surface area contributed by atoms with E-state index in [0.717, 1.165) is 12.1 Å². The molecule has 29 heavy (non-hydrogen) atoms. The summed E-state index contributed by atoms with van der Waals surface area (Å²) < 4.78 is 4.83. The summed E-state index contributed by atoms with van der Waals surface area (Å²) in [4.78, 5) is 48.4. The summed E-state index contributed by atoms with van der Waals surface area (Å²) in [7, 11) is 0. The molecule has 0 fully saturated rings. The van der Waals surface area contributed by atoms with Gasteiger partial charge < -0.3 is 15.0 Å². The van der Waals surface area contributed by atoms with Crippen molar-refractivity contribution in [3.8, 4) is 22.8 Å². The van der Waals surface area contributed by atoms with Crippen LogP contribution in [0.5, 0.6) is 0 Å². The number of benzene rings is 1. The second-order valence-corrected chi connectivity index (χ2v) is 6.44. The summed E-state index contributed by atoms with van der Waals surface area (Å²) >= 11 is 0. The molecule has 0 radical (unpaired) electrons. The zero-order valence-corrected chi connectivity index (χ0v) is 15.7. The van der Waals surface area contributed by atoms with Gasteiger partial charge in [0.05, 0.1) is 23.6 Å². The Morgan fingerprint density at radius 1 is 1.17 bits per heavy atom. The van der Waals surface area contributed by atoms with Crippen LogP contribution in [0.25, 0.3) is 22.8 Å². The number of carbonyl (C=O) groups excluding carboxylic acids is 3. The predicted molar refractivity (Wildman–Crippen MR) is 104 cm³/mol. The lowest BCUT2D eigenvalue weighted by molar-refractivity contribution is -0.137. The van der Waals surface area contributed by atoms with Crippen LogP contribution in [-0.4, -0.2) is 45.8 Å². The average Bonchev–Trinajstić information content (AvgIpc) is 3.19. The van der Waals surface area contributed by atoms with Crippen LogP contribution in [0.3, 0.4) is 0 Å². The van der Waals surface area contributed by atoms with Crippen molar-refractivity contribution in [1.29, 1.82) is 0 Å². The van der Waals surface area contributed by atoms with Crippen molar-refractivity contribution in [3.05, 3.63) is 59.4 Å². The van der Waals surface area contributed by atoms with Crippen LogP contribution in [0.1, 0.15) is 33.3 Å². The van der Waals surface area contributed by atoms with E-state index in [1.54, 1.807) is 49.5 Å². The number of aromatic amines is 1. The number of nitrogens with zero attached hydrogens (tertiary/aromatic N) is 2. The minimum Gasteiger partial charge on any atom is -0.460 e. The van der Waals surface area contributed by atoms with Gasteiger partial charge in [-0.2, -0.15) is 0 Å². The van der Waals surface area contributed by atoms with Crippen LogP contribution in [0.15, 0.2) is 42.6 Å². The second-order valence-electron chi connectivity index (χ2n) is 6.44. The van der Waals surface area contributed by atoms with Gasteiger partial charge in [-0.3, -0.25) is 9.59 Å². The minimum absolute atomic E-state index is 0.115. The van der Waals surface area contributed by atoms with Crippen LogP contribution in [0, 0.1) is 0 Å². The molecule has 2 N–H and O–H groups in total. The largest absolute Gasteiger partial charge is 0.460 e. The number of fused-ring (bicyclic) bond motifs is 1. The number of carbonyl (C=O) groups is 3. The zero-order chi connectivity index (χ0) is 20.4. The molecule has 0 unspecified atom stereocenters. The third kappa shape index (κ3) is 3.52. The van der Waals surface area contributed by atoms with E-state index < -0.39 is 11.8 Å². The molecular weight excluding hydrogens is 372 g/mol. The van der Waals surface area contributed by atoms with Gasteiger partial charge in [0.25, 0.3) is 11.7 Å². The zero-order valence-electron chi connectivity index (χ0n) is 15.7. The van der Waals surface area contributed by atoms with Crippen LogP contribution in [0.2, 0.25) is 0 Å². The van der Waals surface area contributed by atoms with Crippen molar-refractivity contribution in [2.24, 2.45) is 0 Å². The molecule has 4 rings (SSSR count). The van der Waals surface area contributed by atoms with Crippen LogP contribution in [-0.2, 0) is 16.0 Å². The quantitative estimate of drug-likeness (QED) is 0.392.